The second-order valence-electron chi connectivity index (χ2n) is 6.96. The molecular formula is C24H20N2O6S2. The van der Waals surface area contributed by atoms with Crippen LogP contribution >= 0.6 is 23.5 Å². The molecule has 4 aromatic rings. The van der Waals surface area contributed by atoms with E-state index < -0.39 is 5.97 Å². The van der Waals surface area contributed by atoms with Crippen molar-refractivity contribution in [3.8, 4) is 23.0 Å². The number of ether oxygens (including phenoxy) is 2. The Hall–Kier alpha value is -3.63. The van der Waals surface area contributed by atoms with E-state index in [1.807, 2.05) is 31.2 Å². The Balaban J connectivity index is 1.51. The molecule has 0 aliphatic rings. The van der Waals surface area contributed by atoms with Crippen LogP contribution in [-0.2, 0) is 4.79 Å². The third-order valence-corrected chi connectivity index (χ3v) is 6.31. The van der Waals surface area contributed by atoms with Crippen LogP contribution in [-0.4, -0.2) is 35.5 Å². The Kier molecular flexibility index (Phi) is 7.29. The van der Waals surface area contributed by atoms with Crippen molar-refractivity contribution in [2.75, 3.05) is 14.2 Å². The summed E-state index contributed by atoms with van der Waals surface area (Å²) in [5.41, 5.74) is 1.76. The third-order valence-electron chi connectivity index (χ3n) is 4.53. The van der Waals surface area contributed by atoms with Gasteiger partial charge in [0.15, 0.2) is 5.09 Å². The van der Waals surface area contributed by atoms with Gasteiger partial charge in [-0.3, -0.25) is 0 Å². The fourth-order valence-electron chi connectivity index (χ4n) is 2.85. The number of carbonyl (C=O) groups is 1. The van der Waals surface area contributed by atoms with Crippen LogP contribution in [0.1, 0.15) is 11.3 Å². The Morgan fingerprint density at radius 1 is 0.971 bits per heavy atom. The molecule has 0 atom stereocenters. The van der Waals surface area contributed by atoms with Crippen molar-refractivity contribution >= 4 is 35.6 Å². The topological polar surface area (TPSA) is 108 Å². The molecule has 2 heterocycles. The highest BCUT2D eigenvalue weighted by molar-refractivity contribution is 8.03. The van der Waals surface area contributed by atoms with E-state index >= 15 is 0 Å². The number of aromatic nitrogens is 2. The molecule has 1 N–H and O–H groups in total. The van der Waals surface area contributed by atoms with Crippen LogP contribution in [0.25, 0.3) is 17.5 Å². The Bertz CT molecular complexity index is 1310. The lowest BCUT2D eigenvalue weighted by Gasteiger charge is -2.05. The number of carboxylic acid groups (broad SMARTS) is 1. The van der Waals surface area contributed by atoms with Crippen LogP contribution in [0, 0.1) is 6.92 Å². The molecule has 0 saturated carbocycles. The van der Waals surface area contributed by atoms with Gasteiger partial charge in [0.1, 0.15) is 22.2 Å². The summed E-state index contributed by atoms with van der Waals surface area (Å²) in [7, 11) is 3.08. The lowest BCUT2D eigenvalue weighted by molar-refractivity contribution is -0.131. The normalized spacial score (nSPS) is 11.4. The summed E-state index contributed by atoms with van der Waals surface area (Å²) in [6.07, 6.45) is 1.42. The molecule has 0 spiro atoms. The SMILES string of the molecule is COc1cc(OC)cc(-c2nnc(S/C(=C\c3ccc(Sc4ccc(C)cc4)o3)C(=O)O)o2)c1. The van der Waals surface area contributed by atoms with E-state index in [-0.39, 0.29) is 16.0 Å². The number of hydrogen-bond acceptors (Lipinski definition) is 9. The van der Waals surface area contributed by atoms with Gasteiger partial charge in [0.2, 0.25) is 5.89 Å². The van der Waals surface area contributed by atoms with Crippen LogP contribution in [0.15, 0.2) is 83.5 Å². The fourth-order valence-corrected chi connectivity index (χ4v) is 4.28. The molecule has 2 aromatic carbocycles. The highest BCUT2D eigenvalue weighted by Crippen LogP contribution is 2.34. The smallest absolute Gasteiger partial charge is 0.342 e. The molecule has 4 rings (SSSR count). The zero-order valence-corrected chi connectivity index (χ0v) is 20.1. The van der Waals surface area contributed by atoms with E-state index in [1.165, 1.54) is 37.6 Å². The molecule has 2 aromatic heterocycles. The molecule has 0 fully saturated rings. The van der Waals surface area contributed by atoms with Crippen LogP contribution < -0.4 is 9.47 Å². The quantitative estimate of drug-likeness (QED) is 0.218. The summed E-state index contributed by atoms with van der Waals surface area (Å²) >= 11 is 2.29. The monoisotopic (exact) mass is 496 g/mol. The van der Waals surface area contributed by atoms with E-state index in [4.69, 9.17) is 18.3 Å². The first kappa shape index (κ1) is 23.5. The summed E-state index contributed by atoms with van der Waals surface area (Å²) in [5, 5.41) is 18.4. The largest absolute Gasteiger partial charge is 0.497 e. The van der Waals surface area contributed by atoms with Crippen molar-refractivity contribution in [3.63, 3.8) is 0 Å². The van der Waals surface area contributed by atoms with Crippen molar-refractivity contribution in [3.05, 3.63) is 70.8 Å². The number of hydrogen-bond donors (Lipinski definition) is 1. The Morgan fingerprint density at radius 3 is 2.32 bits per heavy atom. The van der Waals surface area contributed by atoms with Gasteiger partial charge in [-0.2, -0.15) is 0 Å². The van der Waals surface area contributed by atoms with Crippen molar-refractivity contribution in [2.24, 2.45) is 0 Å². The maximum atomic E-state index is 11.8. The maximum absolute atomic E-state index is 11.8. The molecule has 174 valence electrons. The number of nitrogens with zero attached hydrogens (tertiary/aromatic N) is 2. The number of rotatable bonds is 9. The minimum absolute atomic E-state index is 0.0281. The molecule has 0 aliphatic carbocycles. The number of thioether (sulfide) groups is 1. The first-order valence-corrected chi connectivity index (χ1v) is 11.6. The van der Waals surface area contributed by atoms with Crippen LogP contribution in [0.5, 0.6) is 11.5 Å². The molecular weight excluding hydrogens is 476 g/mol. The van der Waals surface area contributed by atoms with Crippen molar-refractivity contribution in [1.82, 2.24) is 10.2 Å². The Labute approximate surface area is 204 Å². The first-order valence-electron chi connectivity index (χ1n) is 9.97. The van der Waals surface area contributed by atoms with Crippen molar-refractivity contribution in [2.45, 2.75) is 22.1 Å². The Morgan fingerprint density at radius 2 is 1.68 bits per heavy atom. The van der Waals surface area contributed by atoms with E-state index in [0.29, 0.717) is 27.9 Å². The molecule has 0 radical (unpaired) electrons. The van der Waals surface area contributed by atoms with E-state index in [9.17, 15) is 9.90 Å². The molecule has 0 unspecified atom stereocenters. The summed E-state index contributed by atoms with van der Waals surface area (Å²) in [5.74, 6) is 0.586. The van der Waals surface area contributed by atoms with Crippen molar-refractivity contribution in [1.29, 1.82) is 0 Å². The predicted octanol–water partition coefficient (Wildman–Crippen LogP) is 6.02. The average molecular weight is 497 g/mol. The van der Waals surface area contributed by atoms with E-state index in [1.54, 1.807) is 30.3 Å². The summed E-state index contributed by atoms with van der Waals surface area (Å²) in [6, 6.07) is 16.7. The molecule has 0 amide bonds. The first-order chi connectivity index (χ1) is 16.4. The van der Waals surface area contributed by atoms with Gasteiger partial charge in [0.05, 0.1) is 14.2 Å². The highest BCUT2D eigenvalue weighted by Gasteiger charge is 2.18. The van der Waals surface area contributed by atoms with Gasteiger partial charge in [-0.15, -0.1) is 10.2 Å². The van der Waals surface area contributed by atoms with Crippen molar-refractivity contribution < 1.29 is 28.2 Å². The summed E-state index contributed by atoms with van der Waals surface area (Å²) < 4.78 is 22.0. The van der Waals surface area contributed by atoms with Gasteiger partial charge in [-0.1, -0.05) is 29.5 Å². The predicted molar refractivity (Wildman–Crippen MR) is 128 cm³/mol. The molecule has 8 nitrogen and oxygen atoms in total. The second-order valence-corrected chi connectivity index (χ2v) is 9.03. The molecule has 10 heteroatoms. The summed E-state index contributed by atoms with van der Waals surface area (Å²) in [6.45, 7) is 2.02. The van der Waals surface area contributed by atoms with Crippen LogP contribution in [0.4, 0.5) is 0 Å². The lowest BCUT2D eigenvalue weighted by Crippen LogP contribution is -1.96. The van der Waals surface area contributed by atoms with Gasteiger partial charge < -0.3 is 23.4 Å². The molecule has 34 heavy (non-hydrogen) atoms. The van der Waals surface area contributed by atoms with E-state index in [0.717, 1.165) is 16.7 Å². The van der Waals surface area contributed by atoms with Gasteiger partial charge in [-0.05, 0) is 55.1 Å². The number of methoxy groups -OCH3 is 2. The van der Waals surface area contributed by atoms with Crippen LogP contribution in [0.2, 0.25) is 0 Å². The van der Waals surface area contributed by atoms with Gasteiger partial charge in [-0.25, -0.2) is 4.79 Å². The maximum Gasteiger partial charge on any atom is 0.342 e. The minimum atomic E-state index is -1.14. The van der Waals surface area contributed by atoms with Crippen LogP contribution in [0.3, 0.4) is 0 Å². The zero-order valence-electron chi connectivity index (χ0n) is 18.5. The highest BCUT2D eigenvalue weighted by atomic mass is 32.2. The summed E-state index contributed by atoms with van der Waals surface area (Å²) in [4.78, 5) is 12.8. The van der Waals surface area contributed by atoms with Gasteiger partial charge in [0.25, 0.3) is 5.22 Å². The molecule has 0 saturated heterocycles. The number of furan rings is 1. The zero-order chi connectivity index (χ0) is 24.1. The molecule has 0 bridgehead atoms. The number of aryl methyl sites for hydroxylation is 1. The molecule has 0 aliphatic heterocycles. The minimum Gasteiger partial charge on any atom is -0.497 e. The lowest BCUT2D eigenvalue weighted by atomic mass is 10.2. The second kappa shape index (κ2) is 10.5. The van der Waals surface area contributed by atoms with E-state index in [2.05, 4.69) is 10.2 Å². The van der Waals surface area contributed by atoms with Gasteiger partial charge >= 0.3 is 5.97 Å². The average Bonchev–Trinajstić information content (AvgIpc) is 3.49. The van der Waals surface area contributed by atoms with Gasteiger partial charge in [0, 0.05) is 22.6 Å². The number of carboxylic acids is 1. The number of aliphatic carboxylic acids is 1. The standard InChI is InChI=1S/C24H20N2O6S2/c1-14-4-7-19(8-5-14)33-21-9-6-16(31-21)13-20(23(27)28)34-24-26-25-22(32-24)15-10-17(29-2)12-18(11-15)30-3/h4-13H,1-3H3,(H,27,28)/b20-13-. The number of benzene rings is 2. The fraction of sp³-hybridized carbons (Fsp3) is 0.125. The third kappa shape index (κ3) is 5.83.